The van der Waals surface area contributed by atoms with Gasteiger partial charge in [-0.05, 0) is 38.5 Å². The molecule has 1 aliphatic carbocycles. The van der Waals surface area contributed by atoms with Crippen molar-refractivity contribution in [3.05, 3.63) is 12.0 Å². The van der Waals surface area contributed by atoms with Gasteiger partial charge in [0, 0.05) is 25.9 Å². The molecule has 1 aromatic rings. The number of aliphatic hydroxyl groups excluding tert-OH is 1. The van der Waals surface area contributed by atoms with Gasteiger partial charge in [0.1, 0.15) is 5.82 Å². The normalized spacial score (nSPS) is 23.4. The molecule has 1 fully saturated rings. The molecule has 2 rings (SSSR count). The standard InChI is InChI=1S/C14H25N3O3S/c1-3-17-9-14(16-11(17)2)21(19,20)15-8-12-6-4-5-7-13(12)10-18/h9,12-13,15,18H,3-8,10H2,1-2H3. The fourth-order valence-electron chi connectivity index (χ4n) is 3.01. The van der Waals surface area contributed by atoms with Crippen LogP contribution < -0.4 is 4.72 Å². The summed E-state index contributed by atoms with van der Waals surface area (Å²) in [5, 5.41) is 9.47. The van der Waals surface area contributed by atoms with Crippen LogP contribution in [-0.2, 0) is 16.6 Å². The minimum absolute atomic E-state index is 0.0817. The molecule has 0 aromatic carbocycles. The van der Waals surface area contributed by atoms with Crippen LogP contribution in [0.5, 0.6) is 0 Å². The molecule has 7 heteroatoms. The number of imidazole rings is 1. The Kier molecular flexibility index (Phi) is 5.40. The fourth-order valence-corrected chi connectivity index (χ4v) is 4.11. The van der Waals surface area contributed by atoms with Gasteiger partial charge in [0.15, 0.2) is 5.03 Å². The summed E-state index contributed by atoms with van der Waals surface area (Å²) in [5.41, 5.74) is 0. The van der Waals surface area contributed by atoms with Crippen LogP contribution >= 0.6 is 0 Å². The van der Waals surface area contributed by atoms with Crippen molar-refractivity contribution >= 4 is 10.0 Å². The monoisotopic (exact) mass is 315 g/mol. The Morgan fingerprint density at radius 2 is 2.05 bits per heavy atom. The lowest BCUT2D eigenvalue weighted by molar-refractivity contribution is 0.136. The third kappa shape index (κ3) is 3.84. The van der Waals surface area contributed by atoms with Crippen molar-refractivity contribution in [2.75, 3.05) is 13.2 Å². The summed E-state index contributed by atoms with van der Waals surface area (Å²) < 4.78 is 29.1. The largest absolute Gasteiger partial charge is 0.396 e. The number of aliphatic hydroxyl groups is 1. The number of aromatic nitrogens is 2. The first kappa shape index (κ1) is 16.5. The van der Waals surface area contributed by atoms with Gasteiger partial charge in [-0.2, -0.15) is 0 Å². The highest BCUT2D eigenvalue weighted by atomic mass is 32.2. The molecule has 2 unspecified atom stereocenters. The zero-order chi connectivity index (χ0) is 15.5. The minimum atomic E-state index is -3.57. The quantitative estimate of drug-likeness (QED) is 0.828. The Labute approximate surface area is 126 Å². The molecule has 0 spiro atoms. The molecular weight excluding hydrogens is 290 g/mol. The number of nitrogens with one attached hydrogen (secondary N) is 1. The van der Waals surface area contributed by atoms with Crippen molar-refractivity contribution in [3.63, 3.8) is 0 Å². The Bertz CT molecular complexity index is 568. The summed E-state index contributed by atoms with van der Waals surface area (Å²) in [6.45, 7) is 4.96. The zero-order valence-electron chi connectivity index (χ0n) is 12.7. The third-order valence-corrected chi connectivity index (χ3v) is 5.70. The van der Waals surface area contributed by atoms with Crippen molar-refractivity contribution in [1.29, 1.82) is 0 Å². The maximum Gasteiger partial charge on any atom is 0.259 e. The van der Waals surface area contributed by atoms with E-state index in [9.17, 15) is 13.5 Å². The van der Waals surface area contributed by atoms with Crippen LogP contribution in [0.1, 0.15) is 38.4 Å². The van der Waals surface area contributed by atoms with Crippen LogP contribution in [0, 0.1) is 18.8 Å². The highest BCUT2D eigenvalue weighted by molar-refractivity contribution is 7.89. The second kappa shape index (κ2) is 6.89. The Morgan fingerprint density at radius 1 is 1.38 bits per heavy atom. The summed E-state index contributed by atoms with van der Waals surface area (Å²) in [6.07, 6.45) is 5.74. The Morgan fingerprint density at radius 3 is 2.62 bits per heavy atom. The smallest absolute Gasteiger partial charge is 0.259 e. The first-order valence-electron chi connectivity index (χ1n) is 7.62. The first-order chi connectivity index (χ1) is 9.97. The molecule has 120 valence electrons. The number of aryl methyl sites for hydroxylation is 2. The van der Waals surface area contributed by atoms with E-state index in [4.69, 9.17) is 0 Å². The molecule has 0 amide bonds. The predicted molar refractivity (Wildman–Crippen MR) is 80.4 cm³/mol. The molecule has 1 saturated carbocycles. The molecular formula is C14H25N3O3S. The maximum atomic E-state index is 12.3. The summed E-state index contributed by atoms with van der Waals surface area (Å²) in [4.78, 5) is 4.12. The van der Waals surface area contributed by atoms with E-state index in [1.54, 1.807) is 13.1 Å². The summed E-state index contributed by atoms with van der Waals surface area (Å²) in [6, 6.07) is 0. The van der Waals surface area contributed by atoms with Crippen LogP contribution in [0.4, 0.5) is 0 Å². The summed E-state index contributed by atoms with van der Waals surface area (Å²) in [7, 11) is -3.57. The molecule has 2 atom stereocenters. The number of sulfonamides is 1. The first-order valence-corrected chi connectivity index (χ1v) is 9.10. The van der Waals surface area contributed by atoms with E-state index >= 15 is 0 Å². The molecule has 0 saturated heterocycles. The second-order valence-corrected chi connectivity index (χ2v) is 7.47. The molecule has 2 N–H and O–H groups in total. The van der Waals surface area contributed by atoms with Gasteiger partial charge in [0.2, 0.25) is 0 Å². The molecule has 1 heterocycles. The number of rotatable bonds is 6. The minimum Gasteiger partial charge on any atom is -0.396 e. The highest BCUT2D eigenvalue weighted by Crippen LogP contribution is 2.29. The van der Waals surface area contributed by atoms with Crippen LogP contribution in [0.25, 0.3) is 0 Å². The Balaban J connectivity index is 2.03. The van der Waals surface area contributed by atoms with Gasteiger partial charge in [0.25, 0.3) is 10.0 Å². The summed E-state index contributed by atoms with van der Waals surface area (Å²) in [5.74, 6) is 1.12. The van der Waals surface area contributed by atoms with E-state index in [0.717, 1.165) is 25.7 Å². The lowest BCUT2D eigenvalue weighted by atomic mass is 9.80. The van der Waals surface area contributed by atoms with Crippen molar-refractivity contribution in [2.24, 2.45) is 11.8 Å². The van der Waals surface area contributed by atoms with E-state index in [1.165, 1.54) is 0 Å². The third-order valence-electron chi connectivity index (χ3n) is 4.41. The molecule has 6 nitrogen and oxygen atoms in total. The van der Waals surface area contributed by atoms with Crippen LogP contribution in [0.2, 0.25) is 0 Å². The van der Waals surface area contributed by atoms with E-state index in [-0.39, 0.29) is 23.5 Å². The average molecular weight is 315 g/mol. The van der Waals surface area contributed by atoms with Crippen LogP contribution in [-0.4, -0.2) is 36.2 Å². The number of hydrogen-bond donors (Lipinski definition) is 2. The molecule has 0 aliphatic heterocycles. The topological polar surface area (TPSA) is 84.2 Å². The molecule has 1 aliphatic rings. The SMILES string of the molecule is CCn1cc(S(=O)(=O)NCC2CCCCC2CO)nc1C. The Hall–Kier alpha value is -0.920. The number of hydrogen-bond acceptors (Lipinski definition) is 4. The van der Waals surface area contributed by atoms with Gasteiger partial charge >= 0.3 is 0 Å². The van der Waals surface area contributed by atoms with Crippen molar-refractivity contribution in [1.82, 2.24) is 14.3 Å². The lowest BCUT2D eigenvalue weighted by Crippen LogP contribution is -2.35. The molecule has 1 aromatic heterocycles. The molecule has 0 bridgehead atoms. The number of nitrogens with zero attached hydrogens (tertiary/aromatic N) is 2. The second-order valence-electron chi connectivity index (χ2n) is 5.75. The van der Waals surface area contributed by atoms with E-state index < -0.39 is 10.0 Å². The maximum absolute atomic E-state index is 12.3. The molecule has 0 radical (unpaired) electrons. The fraction of sp³-hybridized carbons (Fsp3) is 0.786. The van der Waals surface area contributed by atoms with Gasteiger partial charge in [-0.3, -0.25) is 0 Å². The van der Waals surface area contributed by atoms with Gasteiger partial charge in [0.05, 0.1) is 0 Å². The van der Waals surface area contributed by atoms with Gasteiger partial charge in [-0.25, -0.2) is 18.1 Å². The zero-order valence-corrected chi connectivity index (χ0v) is 13.6. The predicted octanol–water partition coefficient (Wildman–Crippen LogP) is 1.29. The van der Waals surface area contributed by atoms with Crippen molar-refractivity contribution < 1.29 is 13.5 Å². The van der Waals surface area contributed by atoms with Crippen molar-refractivity contribution in [3.8, 4) is 0 Å². The van der Waals surface area contributed by atoms with Crippen LogP contribution in [0.3, 0.4) is 0 Å². The van der Waals surface area contributed by atoms with E-state index in [2.05, 4.69) is 9.71 Å². The van der Waals surface area contributed by atoms with Crippen LogP contribution in [0.15, 0.2) is 11.2 Å². The van der Waals surface area contributed by atoms with E-state index in [0.29, 0.717) is 18.9 Å². The van der Waals surface area contributed by atoms with Gasteiger partial charge in [-0.1, -0.05) is 12.8 Å². The van der Waals surface area contributed by atoms with Crippen molar-refractivity contribution in [2.45, 2.75) is 51.1 Å². The highest BCUT2D eigenvalue weighted by Gasteiger charge is 2.27. The lowest BCUT2D eigenvalue weighted by Gasteiger charge is -2.30. The summed E-state index contributed by atoms with van der Waals surface area (Å²) >= 11 is 0. The van der Waals surface area contributed by atoms with Gasteiger partial charge in [-0.15, -0.1) is 0 Å². The van der Waals surface area contributed by atoms with E-state index in [1.807, 2.05) is 11.5 Å². The average Bonchev–Trinajstić information content (AvgIpc) is 2.87. The van der Waals surface area contributed by atoms with Gasteiger partial charge < -0.3 is 9.67 Å². The molecule has 21 heavy (non-hydrogen) atoms.